The molecule has 1 N–H and O–H groups in total. The first-order chi connectivity index (χ1) is 7.52. The normalized spacial score (nSPS) is 13.1. The molecule has 1 aromatic carbocycles. The number of hydrogen-bond acceptors (Lipinski definition) is 3. The molecule has 0 radical (unpaired) electrons. The lowest BCUT2D eigenvalue weighted by Crippen LogP contribution is -2.20. The second-order valence-electron chi connectivity index (χ2n) is 4.10. The quantitative estimate of drug-likeness (QED) is 0.860. The van der Waals surface area contributed by atoms with Gasteiger partial charge in [-0.25, -0.2) is 0 Å². The van der Waals surface area contributed by atoms with Crippen LogP contribution >= 0.6 is 11.6 Å². The van der Waals surface area contributed by atoms with Crippen molar-refractivity contribution in [3.8, 4) is 0 Å². The van der Waals surface area contributed by atoms with Crippen molar-refractivity contribution < 1.29 is 9.84 Å². The molecule has 0 aliphatic rings. The van der Waals surface area contributed by atoms with E-state index < -0.39 is 6.10 Å². The van der Waals surface area contributed by atoms with Crippen LogP contribution < -0.4 is 0 Å². The van der Waals surface area contributed by atoms with Gasteiger partial charge in [0.15, 0.2) is 0 Å². The SMILES string of the molecule is COCc1cc(Cl)cc(C(O)CN(C)C)c1. The summed E-state index contributed by atoms with van der Waals surface area (Å²) in [6, 6.07) is 5.55. The summed E-state index contributed by atoms with van der Waals surface area (Å²) in [6.45, 7) is 1.08. The zero-order valence-corrected chi connectivity index (χ0v) is 10.7. The molecule has 90 valence electrons. The fourth-order valence-corrected chi connectivity index (χ4v) is 1.84. The van der Waals surface area contributed by atoms with Gasteiger partial charge in [0.1, 0.15) is 0 Å². The van der Waals surface area contributed by atoms with E-state index in [1.165, 1.54) is 0 Å². The Kier molecular flexibility index (Phi) is 5.22. The van der Waals surface area contributed by atoms with E-state index in [9.17, 15) is 5.11 Å². The van der Waals surface area contributed by atoms with E-state index in [4.69, 9.17) is 16.3 Å². The Morgan fingerprint density at radius 3 is 2.62 bits per heavy atom. The lowest BCUT2D eigenvalue weighted by molar-refractivity contribution is 0.138. The number of halogens is 1. The molecule has 0 bridgehead atoms. The summed E-state index contributed by atoms with van der Waals surface area (Å²) in [6.07, 6.45) is -0.524. The summed E-state index contributed by atoms with van der Waals surface area (Å²) in [5, 5.41) is 10.6. The van der Waals surface area contributed by atoms with Gasteiger partial charge in [-0.05, 0) is 37.4 Å². The monoisotopic (exact) mass is 243 g/mol. The zero-order valence-electron chi connectivity index (χ0n) is 9.90. The van der Waals surface area contributed by atoms with E-state index in [1.807, 2.05) is 31.1 Å². The average Bonchev–Trinajstić information content (AvgIpc) is 2.16. The topological polar surface area (TPSA) is 32.7 Å². The standard InChI is InChI=1S/C12H18ClNO2/c1-14(2)7-12(15)10-4-9(8-16-3)5-11(13)6-10/h4-6,12,15H,7-8H2,1-3H3. The van der Waals surface area contributed by atoms with Crippen LogP contribution in [0.2, 0.25) is 5.02 Å². The van der Waals surface area contributed by atoms with Crippen LogP contribution in [0.25, 0.3) is 0 Å². The molecule has 0 saturated carbocycles. The van der Waals surface area contributed by atoms with Gasteiger partial charge in [-0.3, -0.25) is 0 Å². The number of ether oxygens (including phenoxy) is 1. The number of likely N-dealkylation sites (N-methyl/N-ethyl adjacent to an activating group) is 1. The predicted octanol–water partition coefficient (Wildman–Crippen LogP) is 2.08. The largest absolute Gasteiger partial charge is 0.387 e. The van der Waals surface area contributed by atoms with Crippen LogP contribution in [-0.2, 0) is 11.3 Å². The first kappa shape index (κ1) is 13.5. The van der Waals surface area contributed by atoms with E-state index in [-0.39, 0.29) is 0 Å². The summed E-state index contributed by atoms with van der Waals surface area (Å²) in [5.74, 6) is 0. The van der Waals surface area contributed by atoms with Crippen LogP contribution in [0.3, 0.4) is 0 Å². The van der Waals surface area contributed by atoms with Gasteiger partial charge in [-0.1, -0.05) is 17.7 Å². The Balaban J connectivity index is 2.86. The highest BCUT2D eigenvalue weighted by Crippen LogP contribution is 2.21. The summed E-state index contributed by atoms with van der Waals surface area (Å²) < 4.78 is 5.05. The fourth-order valence-electron chi connectivity index (χ4n) is 1.57. The Morgan fingerprint density at radius 2 is 2.06 bits per heavy atom. The highest BCUT2D eigenvalue weighted by molar-refractivity contribution is 6.30. The molecule has 16 heavy (non-hydrogen) atoms. The average molecular weight is 244 g/mol. The molecule has 0 aromatic heterocycles. The molecule has 0 aliphatic carbocycles. The van der Waals surface area contributed by atoms with Crippen LogP contribution in [0.1, 0.15) is 17.2 Å². The third-order valence-electron chi connectivity index (χ3n) is 2.21. The predicted molar refractivity (Wildman–Crippen MR) is 65.7 cm³/mol. The summed E-state index contributed by atoms with van der Waals surface area (Å²) in [5.41, 5.74) is 1.80. The molecule has 1 atom stereocenters. The first-order valence-electron chi connectivity index (χ1n) is 5.14. The fraction of sp³-hybridized carbons (Fsp3) is 0.500. The van der Waals surface area contributed by atoms with Crippen molar-refractivity contribution in [2.24, 2.45) is 0 Å². The maximum Gasteiger partial charge on any atom is 0.0917 e. The third-order valence-corrected chi connectivity index (χ3v) is 2.43. The highest BCUT2D eigenvalue weighted by atomic mass is 35.5. The molecular formula is C12H18ClNO2. The van der Waals surface area contributed by atoms with E-state index in [0.29, 0.717) is 18.2 Å². The van der Waals surface area contributed by atoms with Gasteiger partial charge < -0.3 is 14.7 Å². The van der Waals surface area contributed by atoms with Gasteiger partial charge >= 0.3 is 0 Å². The molecule has 4 heteroatoms. The van der Waals surface area contributed by atoms with Crippen LogP contribution in [-0.4, -0.2) is 37.8 Å². The highest BCUT2D eigenvalue weighted by Gasteiger charge is 2.10. The number of benzene rings is 1. The second kappa shape index (κ2) is 6.21. The van der Waals surface area contributed by atoms with Gasteiger partial charge in [0.05, 0.1) is 12.7 Å². The number of aliphatic hydroxyl groups excluding tert-OH is 1. The van der Waals surface area contributed by atoms with Crippen molar-refractivity contribution in [2.45, 2.75) is 12.7 Å². The molecule has 1 rings (SSSR count). The molecule has 1 aromatic rings. The Labute approximate surface area is 102 Å². The van der Waals surface area contributed by atoms with Crippen molar-refractivity contribution in [3.63, 3.8) is 0 Å². The first-order valence-corrected chi connectivity index (χ1v) is 5.52. The van der Waals surface area contributed by atoms with E-state index in [0.717, 1.165) is 11.1 Å². The minimum absolute atomic E-state index is 0.502. The molecule has 3 nitrogen and oxygen atoms in total. The molecule has 0 heterocycles. The molecule has 0 spiro atoms. The summed E-state index contributed by atoms with van der Waals surface area (Å²) in [4.78, 5) is 1.93. The van der Waals surface area contributed by atoms with Crippen molar-refractivity contribution in [3.05, 3.63) is 34.3 Å². The minimum atomic E-state index is -0.524. The van der Waals surface area contributed by atoms with E-state index >= 15 is 0 Å². The van der Waals surface area contributed by atoms with Crippen molar-refractivity contribution in [2.75, 3.05) is 27.7 Å². The van der Waals surface area contributed by atoms with Crippen LogP contribution in [0.5, 0.6) is 0 Å². The second-order valence-corrected chi connectivity index (χ2v) is 4.54. The number of methoxy groups -OCH3 is 1. The number of nitrogens with zero attached hydrogens (tertiary/aromatic N) is 1. The third kappa shape index (κ3) is 4.10. The molecule has 0 aliphatic heterocycles. The van der Waals surface area contributed by atoms with Crippen molar-refractivity contribution in [1.29, 1.82) is 0 Å². The maximum atomic E-state index is 9.97. The smallest absolute Gasteiger partial charge is 0.0917 e. The van der Waals surface area contributed by atoms with Gasteiger partial charge in [0.2, 0.25) is 0 Å². The number of hydrogen-bond donors (Lipinski definition) is 1. The molecule has 0 saturated heterocycles. The van der Waals surface area contributed by atoms with Gasteiger partial charge in [-0.2, -0.15) is 0 Å². The number of rotatable bonds is 5. The van der Waals surface area contributed by atoms with Gasteiger partial charge in [0.25, 0.3) is 0 Å². The van der Waals surface area contributed by atoms with E-state index in [1.54, 1.807) is 13.2 Å². The zero-order chi connectivity index (χ0) is 12.1. The van der Waals surface area contributed by atoms with Gasteiger partial charge in [-0.15, -0.1) is 0 Å². The lowest BCUT2D eigenvalue weighted by atomic mass is 10.1. The Bertz CT molecular complexity index is 342. The molecule has 0 fully saturated rings. The Morgan fingerprint density at radius 1 is 1.38 bits per heavy atom. The van der Waals surface area contributed by atoms with Crippen molar-refractivity contribution >= 4 is 11.6 Å². The van der Waals surface area contributed by atoms with Crippen LogP contribution in [0.4, 0.5) is 0 Å². The molecule has 0 amide bonds. The number of aliphatic hydroxyl groups is 1. The van der Waals surface area contributed by atoms with Crippen molar-refractivity contribution in [1.82, 2.24) is 4.90 Å². The summed E-state index contributed by atoms with van der Waals surface area (Å²) >= 11 is 5.99. The van der Waals surface area contributed by atoms with E-state index in [2.05, 4.69) is 0 Å². The van der Waals surface area contributed by atoms with Crippen LogP contribution in [0.15, 0.2) is 18.2 Å². The van der Waals surface area contributed by atoms with Crippen LogP contribution in [0, 0.1) is 0 Å². The molecular weight excluding hydrogens is 226 g/mol. The summed E-state index contributed by atoms with van der Waals surface area (Å²) in [7, 11) is 5.48. The van der Waals surface area contributed by atoms with Gasteiger partial charge in [0, 0.05) is 18.7 Å². The molecule has 1 unspecified atom stereocenters. The maximum absolute atomic E-state index is 9.97. The lowest BCUT2D eigenvalue weighted by Gasteiger charge is -2.17. The minimum Gasteiger partial charge on any atom is -0.387 e. The Hall–Kier alpha value is -0.610.